The van der Waals surface area contributed by atoms with E-state index in [0.29, 0.717) is 0 Å². The Morgan fingerprint density at radius 3 is 2.25 bits per heavy atom. The fourth-order valence-corrected chi connectivity index (χ4v) is 1.70. The van der Waals surface area contributed by atoms with Crippen molar-refractivity contribution in [3.63, 3.8) is 0 Å². The molecule has 1 amide bonds. The summed E-state index contributed by atoms with van der Waals surface area (Å²) in [5, 5.41) is 11.3. The lowest BCUT2D eigenvalue weighted by Crippen LogP contribution is -2.48. The lowest BCUT2D eigenvalue weighted by atomic mass is 10.0. The SMILES string of the molecule is CC(C)C(NC(=O)c1cn(C)c(=O)n(C)c1=O)C(=O)O. The van der Waals surface area contributed by atoms with Crippen LogP contribution >= 0.6 is 0 Å². The van der Waals surface area contributed by atoms with E-state index >= 15 is 0 Å². The van der Waals surface area contributed by atoms with Crippen LogP contribution in [0.1, 0.15) is 24.2 Å². The lowest BCUT2D eigenvalue weighted by Gasteiger charge is -2.18. The van der Waals surface area contributed by atoms with Crippen LogP contribution in [0.25, 0.3) is 0 Å². The summed E-state index contributed by atoms with van der Waals surface area (Å²) in [7, 11) is 2.65. The second kappa shape index (κ2) is 5.72. The third-order valence-corrected chi connectivity index (χ3v) is 2.91. The summed E-state index contributed by atoms with van der Waals surface area (Å²) in [6.45, 7) is 3.27. The number of carboxylic acids is 1. The predicted octanol–water partition coefficient (Wildman–Crippen LogP) is -1.08. The fourth-order valence-electron chi connectivity index (χ4n) is 1.70. The summed E-state index contributed by atoms with van der Waals surface area (Å²) in [6.07, 6.45) is 1.10. The first-order valence-corrected chi connectivity index (χ1v) is 5.97. The van der Waals surface area contributed by atoms with Gasteiger partial charge in [0.1, 0.15) is 11.6 Å². The molecule has 110 valence electrons. The summed E-state index contributed by atoms with van der Waals surface area (Å²) >= 11 is 0. The normalized spacial score (nSPS) is 12.2. The van der Waals surface area contributed by atoms with Gasteiger partial charge in [-0.3, -0.25) is 14.2 Å². The van der Waals surface area contributed by atoms with Gasteiger partial charge in [0.2, 0.25) is 0 Å². The minimum Gasteiger partial charge on any atom is -0.480 e. The monoisotopic (exact) mass is 283 g/mol. The molecule has 0 saturated carbocycles. The van der Waals surface area contributed by atoms with Crippen LogP contribution in [0.2, 0.25) is 0 Å². The summed E-state index contributed by atoms with van der Waals surface area (Å²) < 4.78 is 1.88. The van der Waals surface area contributed by atoms with Gasteiger partial charge in [0.15, 0.2) is 0 Å². The highest BCUT2D eigenvalue weighted by molar-refractivity contribution is 5.96. The zero-order valence-corrected chi connectivity index (χ0v) is 11.7. The van der Waals surface area contributed by atoms with Crippen LogP contribution < -0.4 is 16.6 Å². The number of amides is 1. The quantitative estimate of drug-likeness (QED) is 0.730. The van der Waals surface area contributed by atoms with Crippen LogP contribution in [0.5, 0.6) is 0 Å². The maximum atomic E-state index is 12.0. The lowest BCUT2D eigenvalue weighted by molar-refractivity contribution is -0.140. The van der Waals surface area contributed by atoms with Crippen molar-refractivity contribution in [2.24, 2.45) is 20.0 Å². The number of hydrogen-bond acceptors (Lipinski definition) is 4. The standard InChI is InChI=1S/C12H17N3O5/c1-6(2)8(11(18)19)13-9(16)7-5-14(3)12(20)15(4)10(7)17/h5-6,8H,1-4H3,(H,13,16)(H,18,19). The van der Waals surface area contributed by atoms with Gasteiger partial charge in [-0.25, -0.2) is 9.59 Å². The molecule has 1 aromatic rings. The molecule has 2 N–H and O–H groups in total. The second-order valence-electron chi connectivity index (χ2n) is 4.83. The first-order valence-electron chi connectivity index (χ1n) is 5.97. The van der Waals surface area contributed by atoms with Gasteiger partial charge in [0.25, 0.3) is 11.5 Å². The average molecular weight is 283 g/mol. The van der Waals surface area contributed by atoms with Crippen molar-refractivity contribution in [3.8, 4) is 0 Å². The highest BCUT2D eigenvalue weighted by Crippen LogP contribution is 2.02. The molecule has 1 rings (SSSR count). The molecule has 0 aliphatic heterocycles. The van der Waals surface area contributed by atoms with E-state index in [1.807, 2.05) is 0 Å². The van der Waals surface area contributed by atoms with Gasteiger partial charge >= 0.3 is 11.7 Å². The molecule has 1 aromatic heterocycles. The van der Waals surface area contributed by atoms with Crippen LogP contribution in [-0.4, -0.2) is 32.2 Å². The minimum atomic E-state index is -1.19. The molecule has 0 aliphatic rings. The van der Waals surface area contributed by atoms with Gasteiger partial charge < -0.3 is 15.0 Å². The molecule has 1 atom stereocenters. The molecule has 0 radical (unpaired) electrons. The number of carbonyl (C=O) groups excluding carboxylic acids is 1. The van der Waals surface area contributed by atoms with E-state index in [1.165, 1.54) is 14.1 Å². The molecule has 8 heteroatoms. The molecule has 8 nitrogen and oxygen atoms in total. The number of aliphatic carboxylic acids is 1. The highest BCUT2D eigenvalue weighted by Gasteiger charge is 2.25. The van der Waals surface area contributed by atoms with Crippen LogP contribution in [0.4, 0.5) is 0 Å². The number of aromatic nitrogens is 2. The fraction of sp³-hybridized carbons (Fsp3) is 0.500. The van der Waals surface area contributed by atoms with Crippen LogP contribution in [0, 0.1) is 5.92 Å². The number of hydrogen-bond donors (Lipinski definition) is 2. The van der Waals surface area contributed by atoms with Crippen molar-refractivity contribution in [2.75, 3.05) is 0 Å². The molecular weight excluding hydrogens is 266 g/mol. The Bertz CT molecular complexity index is 656. The molecule has 0 aromatic carbocycles. The van der Waals surface area contributed by atoms with E-state index in [-0.39, 0.29) is 11.5 Å². The zero-order chi connectivity index (χ0) is 15.6. The van der Waals surface area contributed by atoms with E-state index in [4.69, 9.17) is 5.11 Å². The van der Waals surface area contributed by atoms with E-state index in [1.54, 1.807) is 13.8 Å². The van der Waals surface area contributed by atoms with E-state index < -0.39 is 29.2 Å². The maximum absolute atomic E-state index is 12.0. The minimum absolute atomic E-state index is 0.276. The first kappa shape index (κ1) is 15.7. The van der Waals surface area contributed by atoms with Gasteiger partial charge in [0.05, 0.1) is 0 Å². The molecule has 0 fully saturated rings. The molecule has 0 bridgehead atoms. The number of rotatable bonds is 4. The van der Waals surface area contributed by atoms with Gasteiger partial charge in [-0.2, -0.15) is 0 Å². The van der Waals surface area contributed by atoms with Gasteiger partial charge in [-0.05, 0) is 5.92 Å². The molecule has 1 heterocycles. The number of nitrogens with one attached hydrogen (secondary N) is 1. The molecule has 0 aliphatic carbocycles. The van der Waals surface area contributed by atoms with Gasteiger partial charge in [-0.15, -0.1) is 0 Å². The third-order valence-electron chi connectivity index (χ3n) is 2.91. The van der Waals surface area contributed by atoms with E-state index in [9.17, 15) is 19.2 Å². The molecular formula is C12H17N3O5. The van der Waals surface area contributed by atoms with Gasteiger partial charge in [0, 0.05) is 20.3 Å². The molecule has 0 saturated heterocycles. The van der Waals surface area contributed by atoms with Crippen LogP contribution in [0.3, 0.4) is 0 Å². The largest absolute Gasteiger partial charge is 0.480 e. The van der Waals surface area contributed by atoms with Crippen molar-refractivity contribution in [3.05, 3.63) is 32.6 Å². The number of nitrogens with zero attached hydrogens (tertiary/aromatic N) is 2. The Morgan fingerprint density at radius 1 is 1.25 bits per heavy atom. The molecule has 20 heavy (non-hydrogen) atoms. The molecule has 1 unspecified atom stereocenters. The van der Waals surface area contributed by atoms with Crippen molar-refractivity contribution in [1.29, 1.82) is 0 Å². The predicted molar refractivity (Wildman–Crippen MR) is 70.7 cm³/mol. The summed E-state index contributed by atoms with van der Waals surface area (Å²) in [5.74, 6) is -2.34. The van der Waals surface area contributed by atoms with E-state index in [2.05, 4.69) is 5.32 Å². The van der Waals surface area contributed by atoms with Crippen molar-refractivity contribution in [2.45, 2.75) is 19.9 Å². The first-order chi connectivity index (χ1) is 9.16. The van der Waals surface area contributed by atoms with E-state index in [0.717, 1.165) is 15.3 Å². The maximum Gasteiger partial charge on any atom is 0.330 e. The summed E-state index contributed by atoms with van der Waals surface area (Å²) in [6, 6.07) is -1.11. The Hall–Kier alpha value is -2.38. The average Bonchev–Trinajstić information content (AvgIpc) is 2.36. The van der Waals surface area contributed by atoms with Crippen LogP contribution in [0.15, 0.2) is 15.8 Å². The second-order valence-corrected chi connectivity index (χ2v) is 4.83. The van der Waals surface area contributed by atoms with Crippen molar-refractivity contribution < 1.29 is 14.7 Å². The summed E-state index contributed by atoms with van der Waals surface area (Å²) in [4.78, 5) is 46.4. The van der Waals surface area contributed by atoms with Crippen LogP contribution in [-0.2, 0) is 18.9 Å². The Morgan fingerprint density at radius 2 is 1.80 bits per heavy atom. The number of carboxylic acid groups (broad SMARTS) is 1. The Kier molecular flexibility index (Phi) is 4.49. The number of aryl methyl sites for hydroxylation is 1. The van der Waals surface area contributed by atoms with Crippen molar-refractivity contribution >= 4 is 11.9 Å². The Balaban J connectivity index is 3.20. The Labute approximate surface area is 114 Å². The third kappa shape index (κ3) is 2.95. The highest BCUT2D eigenvalue weighted by atomic mass is 16.4. The smallest absolute Gasteiger partial charge is 0.330 e. The topological polar surface area (TPSA) is 110 Å². The zero-order valence-electron chi connectivity index (χ0n) is 11.7. The summed E-state index contributed by atoms with van der Waals surface area (Å²) in [5.41, 5.74) is -1.61. The van der Waals surface area contributed by atoms with Crippen molar-refractivity contribution in [1.82, 2.24) is 14.5 Å². The van der Waals surface area contributed by atoms with Gasteiger partial charge in [-0.1, -0.05) is 13.8 Å². The molecule has 0 spiro atoms. The number of carbonyl (C=O) groups is 2.